The molecule has 2 heterocycles. The molecular weight excluding hydrogens is 298 g/mol. The summed E-state index contributed by atoms with van der Waals surface area (Å²) in [5.41, 5.74) is 1.31. The number of rotatable bonds is 6. The fourth-order valence-electron chi connectivity index (χ4n) is 2.26. The zero-order valence-electron chi connectivity index (χ0n) is 11.9. The summed E-state index contributed by atoms with van der Waals surface area (Å²) in [4.78, 5) is 8.92. The third-order valence-corrected chi connectivity index (χ3v) is 5.75. The van der Waals surface area contributed by atoms with Crippen LogP contribution in [0.1, 0.15) is 18.4 Å². The van der Waals surface area contributed by atoms with Gasteiger partial charge in [0.2, 0.25) is 0 Å². The summed E-state index contributed by atoms with van der Waals surface area (Å²) in [7, 11) is 0. The predicted molar refractivity (Wildman–Crippen MR) is 92.0 cm³/mol. The minimum Gasteiger partial charge on any atom is -0.368 e. The van der Waals surface area contributed by atoms with Gasteiger partial charge in [0.15, 0.2) is 0 Å². The van der Waals surface area contributed by atoms with Crippen molar-refractivity contribution in [3.05, 3.63) is 48.3 Å². The first-order valence-electron chi connectivity index (χ1n) is 7.24. The van der Waals surface area contributed by atoms with E-state index in [4.69, 9.17) is 0 Å². The molecule has 2 aromatic rings. The minimum atomic E-state index is 0.729. The number of anilines is 1. The van der Waals surface area contributed by atoms with Gasteiger partial charge in [0.05, 0.1) is 12.4 Å². The van der Waals surface area contributed by atoms with E-state index < -0.39 is 0 Å². The molecule has 1 aromatic carbocycles. The molecular formula is C16H19N3S2. The van der Waals surface area contributed by atoms with E-state index in [0.717, 1.165) is 28.4 Å². The molecule has 0 saturated carbocycles. The quantitative estimate of drug-likeness (QED) is 0.813. The van der Waals surface area contributed by atoms with Gasteiger partial charge < -0.3 is 5.32 Å². The molecule has 0 amide bonds. The molecule has 1 aromatic heterocycles. The number of nitrogens with one attached hydrogen (secondary N) is 1. The Bertz CT molecular complexity index is 556. The molecule has 110 valence electrons. The molecule has 0 aliphatic carbocycles. The van der Waals surface area contributed by atoms with Crippen LogP contribution in [-0.4, -0.2) is 27.5 Å². The van der Waals surface area contributed by atoms with Gasteiger partial charge in [-0.1, -0.05) is 30.3 Å². The maximum atomic E-state index is 4.63. The lowest BCUT2D eigenvalue weighted by atomic mass is 10.2. The number of hydrogen-bond acceptors (Lipinski definition) is 5. The van der Waals surface area contributed by atoms with Crippen LogP contribution in [0.2, 0.25) is 0 Å². The van der Waals surface area contributed by atoms with E-state index in [0.29, 0.717) is 0 Å². The van der Waals surface area contributed by atoms with Crippen molar-refractivity contribution >= 4 is 29.3 Å². The van der Waals surface area contributed by atoms with Crippen molar-refractivity contribution in [1.29, 1.82) is 0 Å². The van der Waals surface area contributed by atoms with Crippen molar-refractivity contribution in [3.63, 3.8) is 0 Å². The average Bonchev–Trinajstić information content (AvgIpc) is 3.06. The summed E-state index contributed by atoms with van der Waals surface area (Å²) in [6, 6.07) is 10.5. The Morgan fingerprint density at radius 1 is 1.24 bits per heavy atom. The summed E-state index contributed by atoms with van der Waals surface area (Å²) in [6.07, 6.45) is 6.30. The molecule has 0 bridgehead atoms. The summed E-state index contributed by atoms with van der Waals surface area (Å²) in [5.74, 6) is 3.11. The monoisotopic (exact) mass is 317 g/mol. The maximum absolute atomic E-state index is 4.63. The molecule has 0 spiro atoms. The highest BCUT2D eigenvalue weighted by Gasteiger charge is 2.15. The zero-order chi connectivity index (χ0) is 14.3. The van der Waals surface area contributed by atoms with Gasteiger partial charge in [-0.05, 0) is 24.2 Å². The zero-order valence-corrected chi connectivity index (χ0v) is 13.5. The Morgan fingerprint density at radius 3 is 2.95 bits per heavy atom. The second kappa shape index (κ2) is 7.71. The van der Waals surface area contributed by atoms with Crippen LogP contribution in [0.5, 0.6) is 0 Å². The van der Waals surface area contributed by atoms with Gasteiger partial charge >= 0.3 is 0 Å². The predicted octanol–water partition coefficient (Wildman–Crippen LogP) is 4.08. The fourth-order valence-corrected chi connectivity index (χ4v) is 4.26. The van der Waals surface area contributed by atoms with E-state index in [-0.39, 0.29) is 0 Å². The van der Waals surface area contributed by atoms with E-state index in [9.17, 15) is 0 Å². The molecule has 1 aliphatic rings. The number of nitrogens with zero attached hydrogens (tertiary/aromatic N) is 2. The van der Waals surface area contributed by atoms with Gasteiger partial charge in [0.1, 0.15) is 10.8 Å². The van der Waals surface area contributed by atoms with E-state index >= 15 is 0 Å². The molecule has 1 atom stereocenters. The number of aromatic nitrogens is 2. The molecule has 1 N–H and O–H groups in total. The van der Waals surface area contributed by atoms with E-state index in [2.05, 4.69) is 51.3 Å². The number of benzene rings is 1. The van der Waals surface area contributed by atoms with Gasteiger partial charge in [-0.25, -0.2) is 4.98 Å². The van der Waals surface area contributed by atoms with Crippen molar-refractivity contribution in [2.24, 2.45) is 0 Å². The third-order valence-electron chi connectivity index (χ3n) is 3.38. The molecule has 21 heavy (non-hydrogen) atoms. The summed E-state index contributed by atoms with van der Waals surface area (Å²) in [6.45, 7) is 0.992. The maximum Gasteiger partial charge on any atom is 0.145 e. The molecule has 1 fully saturated rings. The van der Waals surface area contributed by atoms with Crippen LogP contribution in [0.25, 0.3) is 0 Å². The van der Waals surface area contributed by atoms with Crippen molar-refractivity contribution in [2.45, 2.75) is 28.9 Å². The normalized spacial score (nSPS) is 17.8. The lowest BCUT2D eigenvalue weighted by Crippen LogP contribution is -2.14. The van der Waals surface area contributed by atoms with Crippen LogP contribution < -0.4 is 5.32 Å². The lowest BCUT2D eigenvalue weighted by Gasteiger charge is -2.11. The molecule has 5 heteroatoms. The first-order chi connectivity index (χ1) is 10.4. The molecule has 1 unspecified atom stereocenters. The first-order valence-corrected chi connectivity index (χ1v) is 9.28. The molecule has 3 nitrogen and oxygen atoms in total. The summed E-state index contributed by atoms with van der Waals surface area (Å²) in [5, 5.41) is 5.12. The van der Waals surface area contributed by atoms with Crippen molar-refractivity contribution in [2.75, 3.05) is 17.6 Å². The van der Waals surface area contributed by atoms with Crippen LogP contribution in [0.4, 0.5) is 5.82 Å². The summed E-state index contributed by atoms with van der Waals surface area (Å²) < 4.78 is 0. The smallest absolute Gasteiger partial charge is 0.145 e. The Balaban J connectivity index is 1.52. The highest BCUT2D eigenvalue weighted by atomic mass is 32.2. The van der Waals surface area contributed by atoms with Crippen LogP contribution >= 0.6 is 23.5 Å². The van der Waals surface area contributed by atoms with Crippen LogP contribution in [-0.2, 0) is 5.75 Å². The minimum absolute atomic E-state index is 0.729. The van der Waals surface area contributed by atoms with Gasteiger partial charge in [-0.3, -0.25) is 4.98 Å². The van der Waals surface area contributed by atoms with Crippen molar-refractivity contribution < 1.29 is 0 Å². The van der Waals surface area contributed by atoms with Crippen molar-refractivity contribution in [1.82, 2.24) is 9.97 Å². The SMILES string of the molecule is c1ccc(CSc2cncc(NCC3CCCS3)n2)cc1. The van der Waals surface area contributed by atoms with Crippen molar-refractivity contribution in [3.8, 4) is 0 Å². The molecule has 1 saturated heterocycles. The molecule has 3 rings (SSSR count). The standard InChI is InChI=1S/C16H19N3S2/c1-2-5-13(6-3-1)12-21-16-11-17-10-15(19-16)18-9-14-7-4-8-20-14/h1-3,5-6,10-11,14H,4,7-9,12H2,(H,18,19). The van der Waals surface area contributed by atoms with Gasteiger partial charge in [0, 0.05) is 17.5 Å². The first kappa shape index (κ1) is 14.7. The Morgan fingerprint density at radius 2 is 2.14 bits per heavy atom. The lowest BCUT2D eigenvalue weighted by molar-refractivity contribution is 0.801. The highest BCUT2D eigenvalue weighted by Crippen LogP contribution is 2.26. The fraction of sp³-hybridized carbons (Fsp3) is 0.375. The topological polar surface area (TPSA) is 37.8 Å². The van der Waals surface area contributed by atoms with Gasteiger partial charge in [-0.15, -0.1) is 11.8 Å². The van der Waals surface area contributed by atoms with Crippen LogP contribution in [0.3, 0.4) is 0 Å². The average molecular weight is 317 g/mol. The Hall–Kier alpha value is -1.20. The highest BCUT2D eigenvalue weighted by molar-refractivity contribution is 8.00. The second-order valence-electron chi connectivity index (χ2n) is 5.03. The van der Waals surface area contributed by atoms with E-state index in [1.807, 2.05) is 18.5 Å². The van der Waals surface area contributed by atoms with E-state index in [1.54, 1.807) is 11.8 Å². The van der Waals surface area contributed by atoms with Crippen LogP contribution in [0.15, 0.2) is 47.8 Å². The van der Waals surface area contributed by atoms with E-state index in [1.165, 1.54) is 24.2 Å². The molecule has 1 aliphatic heterocycles. The number of hydrogen-bond donors (Lipinski definition) is 1. The van der Waals surface area contributed by atoms with Gasteiger partial charge in [0.25, 0.3) is 0 Å². The van der Waals surface area contributed by atoms with Gasteiger partial charge in [-0.2, -0.15) is 11.8 Å². The Kier molecular flexibility index (Phi) is 5.40. The third kappa shape index (κ3) is 4.64. The molecule has 0 radical (unpaired) electrons. The number of thioether (sulfide) groups is 2. The Labute approximate surface area is 134 Å². The van der Waals surface area contributed by atoms with Crippen LogP contribution in [0, 0.1) is 0 Å². The largest absolute Gasteiger partial charge is 0.368 e. The second-order valence-corrected chi connectivity index (χ2v) is 7.44. The summed E-state index contributed by atoms with van der Waals surface area (Å²) >= 11 is 3.78.